The van der Waals surface area contributed by atoms with Gasteiger partial charge in [-0.25, -0.2) is 15.0 Å². The molecular formula is C34H20BrN5. The predicted octanol–water partition coefficient (Wildman–Crippen LogP) is 8.60. The third-order valence-corrected chi connectivity index (χ3v) is 7.43. The lowest BCUT2D eigenvalue weighted by Gasteiger charge is -2.15. The molecular weight excluding hydrogens is 558 g/mol. The Labute approximate surface area is 239 Å². The van der Waals surface area contributed by atoms with Crippen LogP contribution in [0.3, 0.4) is 0 Å². The quantitative estimate of drug-likeness (QED) is 0.210. The van der Waals surface area contributed by atoms with E-state index in [2.05, 4.69) is 56.9 Å². The molecule has 0 bridgehead atoms. The number of para-hydroxylation sites is 1. The van der Waals surface area contributed by atoms with E-state index in [0.29, 0.717) is 23.0 Å². The lowest BCUT2D eigenvalue weighted by molar-refractivity contribution is 1.06. The highest BCUT2D eigenvalue weighted by Gasteiger charge is 2.20. The maximum Gasteiger partial charge on any atom is 0.166 e. The van der Waals surface area contributed by atoms with Gasteiger partial charge in [-0.3, -0.25) is 0 Å². The highest BCUT2D eigenvalue weighted by atomic mass is 79.9. The molecule has 0 spiro atoms. The van der Waals surface area contributed by atoms with Gasteiger partial charge in [0.05, 0.1) is 28.4 Å². The van der Waals surface area contributed by atoms with E-state index in [9.17, 15) is 5.26 Å². The fourth-order valence-electron chi connectivity index (χ4n) is 5.11. The molecule has 7 aromatic rings. The van der Waals surface area contributed by atoms with Crippen LogP contribution in [-0.4, -0.2) is 19.5 Å². The van der Waals surface area contributed by atoms with Gasteiger partial charge in [-0.15, -0.1) is 0 Å². The van der Waals surface area contributed by atoms with Crippen LogP contribution in [0, 0.1) is 11.3 Å². The Morgan fingerprint density at radius 2 is 1.18 bits per heavy atom. The van der Waals surface area contributed by atoms with Crippen LogP contribution in [0.25, 0.3) is 61.7 Å². The van der Waals surface area contributed by atoms with Crippen molar-refractivity contribution in [3.8, 4) is 45.9 Å². The molecule has 5 nitrogen and oxygen atoms in total. The topological polar surface area (TPSA) is 67.4 Å². The fourth-order valence-corrected chi connectivity index (χ4v) is 5.47. The lowest BCUT2D eigenvalue weighted by Crippen LogP contribution is -2.04. The summed E-state index contributed by atoms with van der Waals surface area (Å²) in [5, 5.41) is 12.1. The number of nitriles is 1. The number of nitrogens with zero attached hydrogens (tertiary/aromatic N) is 5. The second kappa shape index (κ2) is 9.88. The van der Waals surface area contributed by atoms with Gasteiger partial charge >= 0.3 is 0 Å². The van der Waals surface area contributed by atoms with E-state index in [1.165, 1.54) is 0 Å². The van der Waals surface area contributed by atoms with Crippen molar-refractivity contribution >= 4 is 37.7 Å². The first-order valence-electron chi connectivity index (χ1n) is 12.8. The number of rotatable bonds is 4. The van der Waals surface area contributed by atoms with Crippen molar-refractivity contribution in [2.45, 2.75) is 0 Å². The molecule has 2 aromatic heterocycles. The normalized spacial score (nSPS) is 11.1. The van der Waals surface area contributed by atoms with Crippen LogP contribution in [0.4, 0.5) is 0 Å². The Bertz CT molecular complexity index is 2020. The van der Waals surface area contributed by atoms with Crippen molar-refractivity contribution < 1.29 is 0 Å². The number of aromatic nitrogens is 4. The number of fused-ring (bicyclic) bond motifs is 3. The van der Waals surface area contributed by atoms with Gasteiger partial charge in [0.1, 0.15) is 0 Å². The van der Waals surface area contributed by atoms with Gasteiger partial charge < -0.3 is 4.57 Å². The van der Waals surface area contributed by atoms with Crippen molar-refractivity contribution in [3.63, 3.8) is 0 Å². The molecule has 0 fully saturated rings. The fraction of sp³-hybridized carbons (Fsp3) is 0. The smallest absolute Gasteiger partial charge is 0.166 e. The maximum absolute atomic E-state index is 9.85. The Morgan fingerprint density at radius 1 is 0.575 bits per heavy atom. The molecule has 5 aromatic carbocycles. The largest absolute Gasteiger partial charge is 0.308 e. The Hall–Kier alpha value is -5.12. The monoisotopic (exact) mass is 577 g/mol. The molecule has 0 saturated carbocycles. The Morgan fingerprint density at radius 3 is 1.85 bits per heavy atom. The minimum Gasteiger partial charge on any atom is -0.308 e. The van der Waals surface area contributed by atoms with Crippen LogP contribution >= 0.6 is 15.9 Å². The summed E-state index contributed by atoms with van der Waals surface area (Å²) >= 11 is 3.64. The summed E-state index contributed by atoms with van der Waals surface area (Å²) in [6.45, 7) is 0. The zero-order valence-electron chi connectivity index (χ0n) is 21.2. The van der Waals surface area contributed by atoms with E-state index in [0.717, 1.165) is 48.7 Å². The average molecular weight is 578 g/mol. The van der Waals surface area contributed by atoms with Crippen molar-refractivity contribution in [3.05, 3.63) is 131 Å². The standard InChI is InChI=1S/C34H20BrN5/c35-25-16-18-30-27(20-25)26-13-7-8-14-29(26)40(30)31-17-15-22(21-36)19-28(31)34-38-32(23-9-3-1-4-10-23)37-33(39-34)24-11-5-2-6-12-24/h1-20H. The van der Waals surface area contributed by atoms with Crippen LogP contribution < -0.4 is 0 Å². The van der Waals surface area contributed by atoms with Gasteiger partial charge in [0.15, 0.2) is 17.5 Å². The molecule has 0 saturated heterocycles. The second-order valence-corrected chi connectivity index (χ2v) is 10.3. The first-order valence-corrected chi connectivity index (χ1v) is 13.6. The van der Waals surface area contributed by atoms with Crippen LogP contribution in [0.5, 0.6) is 0 Å². The minimum absolute atomic E-state index is 0.503. The molecule has 0 N–H and O–H groups in total. The molecule has 0 unspecified atom stereocenters. The molecule has 7 rings (SSSR count). The summed E-state index contributed by atoms with van der Waals surface area (Å²) in [6, 6.07) is 42.4. The molecule has 0 aliphatic rings. The minimum atomic E-state index is 0.503. The average Bonchev–Trinajstić information content (AvgIpc) is 3.34. The predicted molar refractivity (Wildman–Crippen MR) is 163 cm³/mol. The summed E-state index contributed by atoms with van der Waals surface area (Å²) in [4.78, 5) is 14.8. The molecule has 6 heteroatoms. The maximum atomic E-state index is 9.85. The van der Waals surface area contributed by atoms with Gasteiger partial charge in [-0.1, -0.05) is 94.8 Å². The van der Waals surface area contributed by atoms with Gasteiger partial charge in [-0.05, 0) is 42.5 Å². The molecule has 0 atom stereocenters. The molecule has 40 heavy (non-hydrogen) atoms. The van der Waals surface area contributed by atoms with Crippen LogP contribution in [-0.2, 0) is 0 Å². The third-order valence-electron chi connectivity index (χ3n) is 6.94. The first kappa shape index (κ1) is 24.0. The van der Waals surface area contributed by atoms with Crippen molar-refractivity contribution in [1.82, 2.24) is 19.5 Å². The zero-order chi connectivity index (χ0) is 27.1. The highest BCUT2D eigenvalue weighted by Crippen LogP contribution is 2.37. The van der Waals surface area contributed by atoms with E-state index >= 15 is 0 Å². The number of benzene rings is 5. The summed E-state index contributed by atoms with van der Waals surface area (Å²) in [5.41, 5.74) is 6.06. The molecule has 0 aliphatic heterocycles. The summed E-state index contributed by atoms with van der Waals surface area (Å²) in [6.07, 6.45) is 0. The van der Waals surface area contributed by atoms with Crippen molar-refractivity contribution in [2.75, 3.05) is 0 Å². The van der Waals surface area contributed by atoms with E-state index < -0.39 is 0 Å². The molecule has 2 heterocycles. The van der Waals surface area contributed by atoms with E-state index in [1.54, 1.807) is 0 Å². The molecule has 188 valence electrons. The van der Waals surface area contributed by atoms with E-state index in [-0.39, 0.29) is 0 Å². The second-order valence-electron chi connectivity index (χ2n) is 9.40. The van der Waals surface area contributed by atoms with Crippen LogP contribution in [0.15, 0.2) is 126 Å². The summed E-state index contributed by atoms with van der Waals surface area (Å²) in [5.74, 6) is 1.65. The summed E-state index contributed by atoms with van der Waals surface area (Å²) < 4.78 is 3.24. The van der Waals surface area contributed by atoms with Crippen molar-refractivity contribution in [2.24, 2.45) is 0 Å². The van der Waals surface area contributed by atoms with Crippen LogP contribution in [0.1, 0.15) is 5.56 Å². The van der Waals surface area contributed by atoms with Crippen LogP contribution in [0.2, 0.25) is 0 Å². The highest BCUT2D eigenvalue weighted by molar-refractivity contribution is 9.10. The lowest BCUT2D eigenvalue weighted by atomic mass is 10.1. The van der Waals surface area contributed by atoms with Gasteiger partial charge in [0.2, 0.25) is 0 Å². The van der Waals surface area contributed by atoms with E-state index in [1.807, 2.05) is 91.0 Å². The van der Waals surface area contributed by atoms with E-state index in [4.69, 9.17) is 15.0 Å². The third kappa shape index (κ3) is 4.14. The first-order chi connectivity index (χ1) is 19.7. The van der Waals surface area contributed by atoms with Gasteiger partial charge in [0.25, 0.3) is 0 Å². The van der Waals surface area contributed by atoms with Gasteiger partial charge in [0, 0.05) is 31.9 Å². The zero-order valence-corrected chi connectivity index (χ0v) is 22.7. The Balaban J connectivity index is 1.56. The molecule has 0 radical (unpaired) electrons. The number of halogens is 1. The SMILES string of the molecule is N#Cc1ccc(-n2c3ccccc3c3cc(Br)ccc32)c(-c2nc(-c3ccccc3)nc(-c3ccccc3)n2)c1. The van der Waals surface area contributed by atoms with Gasteiger partial charge in [-0.2, -0.15) is 5.26 Å². The molecule has 0 aliphatic carbocycles. The number of hydrogen-bond acceptors (Lipinski definition) is 4. The summed E-state index contributed by atoms with van der Waals surface area (Å²) in [7, 11) is 0. The molecule has 0 amide bonds. The Kier molecular flexibility index (Phi) is 5.92. The van der Waals surface area contributed by atoms with Crippen molar-refractivity contribution in [1.29, 1.82) is 5.26 Å². The number of hydrogen-bond donors (Lipinski definition) is 0.